The molecule has 0 bridgehead atoms. The predicted octanol–water partition coefficient (Wildman–Crippen LogP) is 2.94. The van der Waals surface area contributed by atoms with Gasteiger partial charge in [0.2, 0.25) is 0 Å². The molecule has 0 N–H and O–H groups in total. The summed E-state index contributed by atoms with van der Waals surface area (Å²) < 4.78 is 12.1. The van der Waals surface area contributed by atoms with Crippen molar-refractivity contribution in [1.82, 2.24) is 0 Å². The Labute approximate surface area is 105 Å². The molecule has 0 saturated heterocycles. The van der Waals surface area contributed by atoms with Crippen LogP contribution in [0.15, 0.2) is 24.3 Å². The molecule has 1 saturated carbocycles. The van der Waals surface area contributed by atoms with Gasteiger partial charge in [-0.15, -0.1) is 0 Å². The highest BCUT2D eigenvalue weighted by atomic mass is 32.2. The summed E-state index contributed by atoms with van der Waals surface area (Å²) in [5.41, 5.74) is 2.43. The maximum absolute atomic E-state index is 12.1. The fourth-order valence-corrected chi connectivity index (χ4v) is 3.82. The Hall–Kier alpha value is -1.14. The molecule has 0 amide bonds. The lowest BCUT2D eigenvalue weighted by Crippen LogP contribution is -2.13. The molecule has 1 aromatic carbocycles. The van der Waals surface area contributed by atoms with Crippen LogP contribution in [0.3, 0.4) is 0 Å². The number of rotatable bonds is 5. The van der Waals surface area contributed by atoms with Gasteiger partial charge in [-0.05, 0) is 30.7 Å². The zero-order valence-corrected chi connectivity index (χ0v) is 10.9. The Balaban J connectivity index is 1.92. The third-order valence-electron chi connectivity index (χ3n) is 3.29. The van der Waals surface area contributed by atoms with Crippen molar-refractivity contribution < 1.29 is 4.21 Å². The topological polar surface area (TPSA) is 40.9 Å². The van der Waals surface area contributed by atoms with Crippen molar-refractivity contribution in [3.8, 4) is 6.07 Å². The SMILES string of the molecule is Cc1cccc(CS(=O)CC2(CC#N)CC2)c1. The molecule has 1 fully saturated rings. The van der Waals surface area contributed by atoms with Crippen molar-refractivity contribution in [2.45, 2.75) is 31.9 Å². The van der Waals surface area contributed by atoms with Crippen LogP contribution in [0.5, 0.6) is 0 Å². The van der Waals surface area contributed by atoms with Gasteiger partial charge in [-0.25, -0.2) is 0 Å². The molecule has 0 radical (unpaired) electrons. The van der Waals surface area contributed by atoms with Gasteiger partial charge in [0.05, 0.1) is 6.07 Å². The number of hydrogen-bond donors (Lipinski definition) is 0. The molecule has 90 valence electrons. The second kappa shape index (κ2) is 5.01. The zero-order chi connectivity index (χ0) is 12.3. The van der Waals surface area contributed by atoms with Gasteiger partial charge in [-0.2, -0.15) is 5.26 Å². The predicted molar refractivity (Wildman–Crippen MR) is 69.8 cm³/mol. The smallest absolute Gasteiger partial charge is 0.0627 e. The van der Waals surface area contributed by atoms with Gasteiger partial charge in [0, 0.05) is 28.7 Å². The molecule has 0 aromatic heterocycles. The largest absolute Gasteiger partial charge is 0.259 e. The van der Waals surface area contributed by atoms with Crippen LogP contribution < -0.4 is 0 Å². The Bertz CT molecular complexity index is 471. The lowest BCUT2D eigenvalue weighted by molar-refractivity contribution is 0.587. The standard InChI is InChI=1S/C14H17NOS/c1-12-3-2-4-13(9-12)10-17(16)11-14(5-6-14)7-8-15/h2-4,9H,5-7,10-11H2,1H3. The number of aryl methyl sites for hydroxylation is 1. The second-order valence-corrected chi connectivity index (χ2v) is 6.51. The molecule has 0 aliphatic heterocycles. The first kappa shape index (κ1) is 12.3. The number of benzene rings is 1. The molecule has 0 heterocycles. The van der Waals surface area contributed by atoms with Gasteiger partial charge < -0.3 is 0 Å². The second-order valence-electron chi connectivity index (χ2n) is 5.05. The maximum atomic E-state index is 12.1. The van der Waals surface area contributed by atoms with Gasteiger partial charge in [0.25, 0.3) is 0 Å². The number of nitriles is 1. The third kappa shape index (κ3) is 3.41. The summed E-state index contributed by atoms with van der Waals surface area (Å²) in [6, 6.07) is 10.4. The Morgan fingerprint density at radius 2 is 2.24 bits per heavy atom. The van der Waals surface area contributed by atoms with Crippen LogP contribution in [0, 0.1) is 23.7 Å². The molecule has 1 aliphatic rings. The van der Waals surface area contributed by atoms with Crippen molar-refractivity contribution in [1.29, 1.82) is 5.26 Å². The molecule has 1 atom stereocenters. The van der Waals surface area contributed by atoms with Crippen LogP contribution in [-0.2, 0) is 16.6 Å². The van der Waals surface area contributed by atoms with Crippen molar-refractivity contribution in [2.24, 2.45) is 5.41 Å². The Morgan fingerprint density at radius 3 is 2.82 bits per heavy atom. The molecule has 1 unspecified atom stereocenters. The molecule has 2 nitrogen and oxygen atoms in total. The summed E-state index contributed by atoms with van der Waals surface area (Å²) in [5, 5.41) is 8.73. The summed E-state index contributed by atoms with van der Waals surface area (Å²) in [6.07, 6.45) is 2.70. The van der Waals surface area contributed by atoms with E-state index in [9.17, 15) is 4.21 Å². The van der Waals surface area contributed by atoms with Crippen LogP contribution in [-0.4, -0.2) is 9.96 Å². The van der Waals surface area contributed by atoms with Crippen LogP contribution in [0.1, 0.15) is 30.4 Å². The molecular weight excluding hydrogens is 230 g/mol. The maximum Gasteiger partial charge on any atom is 0.0627 e. The highest BCUT2D eigenvalue weighted by Crippen LogP contribution is 2.49. The van der Waals surface area contributed by atoms with Crippen molar-refractivity contribution in [3.63, 3.8) is 0 Å². The lowest BCUT2D eigenvalue weighted by atomic mass is 10.1. The first-order valence-electron chi connectivity index (χ1n) is 5.91. The molecule has 1 aromatic rings. The Kier molecular flexibility index (Phi) is 3.63. The molecule has 2 rings (SSSR count). The lowest BCUT2D eigenvalue weighted by Gasteiger charge is -2.10. The summed E-state index contributed by atoms with van der Waals surface area (Å²) in [5.74, 6) is 1.31. The minimum atomic E-state index is -0.839. The first-order chi connectivity index (χ1) is 8.13. The van der Waals surface area contributed by atoms with Crippen molar-refractivity contribution in [2.75, 3.05) is 5.75 Å². The summed E-state index contributed by atoms with van der Waals surface area (Å²) in [7, 11) is -0.839. The fraction of sp³-hybridized carbons (Fsp3) is 0.500. The number of nitrogens with zero attached hydrogens (tertiary/aromatic N) is 1. The van der Waals surface area contributed by atoms with Crippen LogP contribution in [0.2, 0.25) is 0 Å². The zero-order valence-electron chi connectivity index (χ0n) is 10.1. The minimum Gasteiger partial charge on any atom is -0.259 e. The summed E-state index contributed by atoms with van der Waals surface area (Å²) in [4.78, 5) is 0. The van der Waals surface area contributed by atoms with E-state index in [0.717, 1.165) is 18.4 Å². The van der Waals surface area contributed by atoms with E-state index in [4.69, 9.17) is 5.26 Å². The molecule has 0 spiro atoms. The quantitative estimate of drug-likeness (QED) is 0.802. The average Bonchev–Trinajstić information content (AvgIpc) is 2.97. The van der Waals surface area contributed by atoms with E-state index >= 15 is 0 Å². The van der Waals surface area contributed by atoms with Gasteiger partial charge in [-0.3, -0.25) is 4.21 Å². The monoisotopic (exact) mass is 247 g/mol. The molecule has 3 heteroatoms. The summed E-state index contributed by atoms with van der Waals surface area (Å²) in [6.45, 7) is 2.05. The third-order valence-corrected chi connectivity index (χ3v) is 4.88. The van der Waals surface area contributed by atoms with Crippen molar-refractivity contribution in [3.05, 3.63) is 35.4 Å². The number of hydrogen-bond acceptors (Lipinski definition) is 2. The highest BCUT2D eigenvalue weighted by molar-refractivity contribution is 7.84. The van der Waals surface area contributed by atoms with E-state index in [2.05, 4.69) is 12.1 Å². The van der Waals surface area contributed by atoms with E-state index in [1.54, 1.807) is 0 Å². The minimum absolute atomic E-state index is 0.0867. The van der Waals surface area contributed by atoms with Crippen LogP contribution >= 0.6 is 0 Å². The van der Waals surface area contributed by atoms with Gasteiger partial charge in [0.1, 0.15) is 0 Å². The van der Waals surface area contributed by atoms with E-state index in [0.29, 0.717) is 17.9 Å². The van der Waals surface area contributed by atoms with Gasteiger partial charge >= 0.3 is 0 Å². The molecule has 17 heavy (non-hydrogen) atoms. The van der Waals surface area contributed by atoms with Crippen molar-refractivity contribution >= 4 is 10.8 Å². The first-order valence-corrected chi connectivity index (χ1v) is 7.40. The molecule has 1 aliphatic carbocycles. The van der Waals surface area contributed by atoms with Gasteiger partial charge in [0.15, 0.2) is 0 Å². The van der Waals surface area contributed by atoms with Crippen LogP contribution in [0.25, 0.3) is 0 Å². The Morgan fingerprint density at radius 1 is 1.47 bits per heavy atom. The molecular formula is C14H17NOS. The normalized spacial score (nSPS) is 18.4. The van der Waals surface area contributed by atoms with E-state index in [1.165, 1.54) is 5.56 Å². The van der Waals surface area contributed by atoms with Gasteiger partial charge in [-0.1, -0.05) is 29.8 Å². The highest BCUT2D eigenvalue weighted by Gasteiger charge is 2.43. The van der Waals surface area contributed by atoms with E-state index in [1.807, 2.05) is 25.1 Å². The average molecular weight is 247 g/mol. The fourth-order valence-electron chi connectivity index (χ4n) is 2.10. The van der Waals surface area contributed by atoms with E-state index in [-0.39, 0.29) is 5.41 Å². The van der Waals surface area contributed by atoms with E-state index < -0.39 is 10.8 Å². The van der Waals surface area contributed by atoms with Crippen LogP contribution in [0.4, 0.5) is 0 Å². The summed E-state index contributed by atoms with van der Waals surface area (Å²) >= 11 is 0.